The number of nitrogens with zero attached hydrogens (tertiary/aromatic N) is 2. The number of fused-ring (bicyclic) bond motifs is 3. The molecule has 4 heteroatoms. The summed E-state index contributed by atoms with van der Waals surface area (Å²) in [6.45, 7) is 0. The molecule has 6 aromatic rings. The Morgan fingerprint density at radius 3 is 2.57 bits per heavy atom. The molecule has 4 heterocycles. The molecule has 0 saturated heterocycles. The maximum atomic E-state index is 4.71. The first-order valence-electron chi connectivity index (χ1n) is 9.04. The van der Waals surface area contributed by atoms with Crippen LogP contribution in [0.2, 0.25) is 0 Å². The lowest BCUT2D eigenvalue weighted by Gasteiger charge is -2.07. The zero-order valence-electron chi connectivity index (χ0n) is 14.8. The van der Waals surface area contributed by atoms with E-state index in [2.05, 4.69) is 64.3 Å². The smallest absolute Gasteiger partial charge is 0.0702 e. The molecule has 2 aromatic carbocycles. The van der Waals surface area contributed by atoms with Crippen LogP contribution in [-0.4, -0.2) is 9.97 Å². The van der Waals surface area contributed by atoms with Gasteiger partial charge in [-0.2, -0.15) is 0 Å². The predicted molar refractivity (Wildman–Crippen MR) is 121 cm³/mol. The highest BCUT2D eigenvalue weighted by Gasteiger charge is 2.09. The second-order valence-electron chi connectivity index (χ2n) is 6.83. The Hall–Kier alpha value is -3.08. The minimum atomic E-state index is 1.02. The van der Waals surface area contributed by atoms with Crippen molar-refractivity contribution in [3.05, 3.63) is 83.9 Å². The fraction of sp³-hybridized carbons (Fsp3) is 0. The van der Waals surface area contributed by atoms with Gasteiger partial charge in [0, 0.05) is 50.6 Å². The number of rotatable bonds is 2. The van der Waals surface area contributed by atoms with E-state index in [-0.39, 0.29) is 0 Å². The molecule has 0 radical (unpaired) electrons. The molecular formula is C24H14N2S2. The van der Waals surface area contributed by atoms with Crippen molar-refractivity contribution < 1.29 is 0 Å². The van der Waals surface area contributed by atoms with Crippen molar-refractivity contribution in [2.45, 2.75) is 0 Å². The molecule has 2 nitrogen and oxygen atoms in total. The van der Waals surface area contributed by atoms with E-state index in [0.29, 0.717) is 0 Å². The van der Waals surface area contributed by atoms with E-state index in [1.54, 1.807) is 0 Å². The van der Waals surface area contributed by atoms with E-state index in [9.17, 15) is 0 Å². The van der Waals surface area contributed by atoms with Crippen LogP contribution in [-0.2, 0) is 0 Å². The SMILES string of the molecule is c1cc2cc(-c3cnc4ccc(-c5csc6ccsc56)cc4c3)ccc2cn1. The van der Waals surface area contributed by atoms with Crippen molar-refractivity contribution in [2.24, 2.45) is 0 Å². The van der Waals surface area contributed by atoms with Gasteiger partial charge in [-0.1, -0.05) is 18.2 Å². The number of hydrogen-bond donors (Lipinski definition) is 0. The van der Waals surface area contributed by atoms with Crippen LogP contribution in [0, 0.1) is 0 Å². The number of benzene rings is 2. The Kier molecular flexibility index (Phi) is 3.54. The summed E-state index contributed by atoms with van der Waals surface area (Å²) in [7, 11) is 0. The van der Waals surface area contributed by atoms with Crippen LogP contribution >= 0.6 is 22.7 Å². The molecule has 0 N–H and O–H groups in total. The second kappa shape index (κ2) is 6.23. The third kappa shape index (κ3) is 2.53. The molecule has 0 fully saturated rings. The Morgan fingerprint density at radius 1 is 0.679 bits per heavy atom. The minimum absolute atomic E-state index is 1.02. The van der Waals surface area contributed by atoms with Gasteiger partial charge in [0.2, 0.25) is 0 Å². The summed E-state index contributed by atoms with van der Waals surface area (Å²) in [5, 5.41) is 7.94. The minimum Gasteiger partial charge on any atom is -0.264 e. The van der Waals surface area contributed by atoms with Gasteiger partial charge < -0.3 is 0 Å². The third-order valence-electron chi connectivity index (χ3n) is 5.14. The van der Waals surface area contributed by atoms with Crippen LogP contribution in [0.25, 0.3) is 53.3 Å². The monoisotopic (exact) mass is 394 g/mol. The molecule has 0 atom stereocenters. The molecule has 0 amide bonds. The summed E-state index contributed by atoms with van der Waals surface area (Å²) in [6, 6.07) is 19.5. The van der Waals surface area contributed by atoms with Crippen molar-refractivity contribution in [3.8, 4) is 22.3 Å². The van der Waals surface area contributed by atoms with Gasteiger partial charge in [0.1, 0.15) is 0 Å². The largest absolute Gasteiger partial charge is 0.264 e. The zero-order valence-corrected chi connectivity index (χ0v) is 16.4. The van der Waals surface area contributed by atoms with E-state index in [1.807, 2.05) is 47.3 Å². The fourth-order valence-corrected chi connectivity index (χ4v) is 5.82. The molecule has 0 aliphatic rings. The molecule has 0 saturated carbocycles. The molecule has 0 unspecified atom stereocenters. The van der Waals surface area contributed by atoms with Crippen LogP contribution in [0.5, 0.6) is 0 Å². The highest BCUT2D eigenvalue weighted by atomic mass is 32.1. The molecule has 132 valence electrons. The average Bonchev–Trinajstić information content (AvgIpc) is 3.36. The molecule has 28 heavy (non-hydrogen) atoms. The van der Waals surface area contributed by atoms with Gasteiger partial charge in [-0.05, 0) is 58.3 Å². The van der Waals surface area contributed by atoms with E-state index in [1.165, 1.54) is 36.9 Å². The summed E-state index contributed by atoms with van der Waals surface area (Å²) >= 11 is 3.62. The lowest BCUT2D eigenvalue weighted by molar-refractivity contribution is 1.36. The number of aromatic nitrogens is 2. The first-order chi connectivity index (χ1) is 13.8. The predicted octanol–water partition coefficient (Wildman–Crippen LogP) is 7.39. The van der Waals surface area contributed by atoms with Crippen LogP contribution in [0.4, 0.5) is 0 Å². The van der Waals surface area contributed by atoms with Crippen molar-refractivity contribution >= 4 is 53.7 Å². The van der Waals surface area contributed by atoms with E-state index in [0.717, 1.165) is 16.5 Å². The lowest BCUT2D eigenvalue weighted by atomic mass is 10.0. The maximum Gasteiger partial charge on any atom is 0.0702 e. The first-order valence-corrected chi connectivity index (χ1v) is 10.8. The average molecular weight is 395 g/mol. The Balaban J connectivity index is 1.50. The normalized spacial score (nSPS) is 11.6. The summed E-state index contributed by atoms with van der Waals surface area (Å²) in [6.07, 6.45) is 5.70. The maximum absolute atomic E-state index is 4.71. The van der Waals surface area contributed by atoms with Crippen molar-refractivity contribution in [3.63, 3.8) is 0 Å². The van der Waals surface area contributed by atoms with E-state index in [4.69, 9.17) is 4.98 Å². The molecule has 6 rings (SSSR count). The molecular weight excluding hydrogens is 380 g/mol. The molecule has 0 spiro atoms. The number of hydrogen-bond acceptors (Lipinski definition) is 4. The van der Waals surface area contributed by atoms with Crippen LogP contribution in [0.3, 0.4) is 0 Å². The quantitative estimate of drug-likeness (QED) is 0.306. The molecule has 0 aliphatic carbocycles. The topological polar surface area (TPSA) is 25.8 Å². The standard InChI is InChI=1S/C24H14N2S2/c1-2-18-12-25-7-5-16(18)9-15(1)20-11-19-10-17(3-4-22(19)26-13-20)21-14-28-23-6-8-27-24(21)23/h1-14H. The zero-order chi connectivity index (χ0) is 18.5. The molecule has 4 aromatic heterocycles. The summed E-state index contributed by atoms with van der Waals surface area (Å²) in [5.74, 6) is 0. The van der Waals surface area contributed by atoms with Gasteiger partial charge in [-0.25, -0.2) is 0 Å². The van der Waals surface area contributed by atoms with E-state index >= 15 is 0 Å². The Morgan fingerprint density at radius 2 is 1.57 bits per heavy atom. The third-order valence-corrected chi connectivity index (χ3v) is 7.17. The molecule has 0 bridgehead atoms. The Bertz CT molecular complexity index is 1480. The lowest BCUT2D eigenvalue weighted by Crippen LogP contribution is -1.85. The number of pyridine rings is 2. The van der Waals surface area contributed by atoms with Gasteiger partial charge in [-0.3, -0.25) is 9.97 Å². The van der Waals surface area contributed by atoms with Crippen LogP contribution in [0.15, 0.2) is 83.9 Å². The van der Waals surface area contributed by atoms with Crippen LogP contribution in [0.1, 0.15) is 0 Å². The van der Waals surface area contributed by atoms with Gasteiger partial charge in [-0.15, -0.1) is 22.7 Å². The second-order valence-corrected chi connectivity index (χ2v) is 8.66. The van der Waals surface area contributed by atoms with Crippen molar-refractivity contribution in [1.82, 2.24) is 9.97 Å². The fourth-order valence-electron chi connectivity index (χ4n) is 3.68. The van der Waals surface area contributed by atoms with Crippen LogP contribution < -0.4 is 0 Å². The first kappa shape index (κ1) is 15.9. The van der Waals surface area contributed by atoms with Crippen molar-refractivity contribution in [2.75, 3.05) is 0 Å². The Labute approximate surface area is 169 Å². The van der Waals surface area contributed by atoms with Gasteiger partial charge >= 0.3 is 0 Å². The van der Waals surface area contributed by atoms with Gasteiger partial charge in [0.05, 0.1) is 10.2 Å². The summed E-state index contributed by atoms with van der Waals surface area (Å²) in [5.41, 5.74) is 5.91. The van der Waals surface area contributed by atoms with E-state index < -0.39 is 0 Å². The summed E-state index contributed by atoms with van der Waals surface area (Å²) in [4.78, 5) is 8.90. The highest BCUT2D eigenvalue weighted by molar-refractivity contribution is 7.26. The highest BCUT2D eigenvalue weighted by Crippen LogP contribution is 2.38. The molecule has 0 aliphatic heterocycles. The van der Waals surface area contributed by atoms with Gasteiger partial charge in [0.15, 0.2) is 0 Å². The van der Waals surface area contributed by atoms with Gasteiger partial charge in [0.25, 0.3) is 0 Å². The number of thiophene rings is 2. The summed E-state index contributed by atoms with van der Waals surface area (Å²) < 4.78 is 2.73. The van der Waals surface area contributed by atoms with Crippen molar-refractivity contribution in [1.29, 1.82) is 0 Å².